The first-order chi connectivity index (χ1) is 13.2. The standard InChI is InChI=1S/C12H12Cl2N2O4.2Cr.2K.7O/c13-4-1-2-5-8(7(4)14)16-12(15-5)11-10(19)9(18)6(3-17)20-11;;;;;;;;;;;/h1-2,6,9-11,17-19H,3H2,(H,15,16);;;;;;;;;;;/q;;;2*+1;;;;;;2*-1/t6-,9-,10-,11?;;;;;;;;;;;/m1.........../s1. The van der Waals surface area contributed by atoms with Crippen LogP contribution in [0.5, 0.6) is 0 Å². The van der Waals surface area contributed by atoms with Gasteiger partial charge in [-0.2, -0.15) is 0 Å². The fourth-order valence-corrected chi connectivity index (χ4v) is 4.39. The number of benzene rings is 1. The molecule has 3 rings (SSSR count). The summed E-state index contributed by atoms with van der Waals surface area (Å²) in [7, 11) is 0. The van der Waals surface area contributed by atoms with Crippen molar-refractivity contribution in [3.63, 3.8) is 0 Å². The van der Waals surface area contributed by atoms with Gasteiger partial charge < -0.3 is 25.0 Å². The summed E-state index contributed by atoms with van der Waals surface area (Å²) in [6.45, 7) is -0.387. The summed E-state index contributed by atoms with van der Waals surface area (Å²) in [6, 6.07) is 3.34. The predicted molar refractivity (Wildman–Crippen MR) is 76.7 cm³/mol. The Morgan fingerprint density at radius 2 is 1.65 bits per heavy atom. The Morgan fingerprint density at radius 3 is 2.06 bits per heavy atom. The van der Waals surface area contributed by atoms with E-state index in [1.165, 1.54) is 0 Å². The number of aliphatic hydroxyl groups is 3. The normalized spacial score (nSPS) is 23.5. The van der Waals surface area contributed by atoms with E-state index in [0.717, 1.165) is 0 Å². The Morgan fingerprint density at radius 1 is 1.10 bits per heavy atom. The summed E-state index contributed by atoms with van der Waals surface area (Å²) < 4.78 is 64.3. The number of aromatic amines is 1. The van der Waals surface area contributed by atoms with Crippen LogP contribution < -0.4 is 111 Å². The molecule has 1 aliphatic heterocycles. The predicted octanol–water partition coefficient (Wildman–Crippen LogP) is -7.89. The number of nitrogens with zero attached hydrogens (tertiary/aromatic N) is 1. The fraction of sp³-hybridized carbons (Fsp3) is 0.417. The zero-order valence-electron chi connectivity index (χ0n) is 15.8. The van der Waals surface area contributed by atoms with Gasteiger partial charge >= 0.3 is 156 Å². The van der Waals surface area contributed by atoms with E-state index in [9.17, 15) is 33.7 Å². The Labute approximate surface area is 274 Å². The molecule has 4 atom stereocenters. The van der Waals surface area contributed by atoms with Gasteiger partial charge in [0.1, 0.15) is 35.8 Å². The second-order valence-electron chi connectivity index (χ2n) is 5.52. The first-order valence-corrected chi connectivity index (χ1v) is 12.2. The molecule has 31 heavy (non-hydrogen) atoms. The van der Waals surface area contributed by atoms with Crippen LogP contribution in [0.25, 0.3) is 11.0 Å². The van der Waals surface area contributed by atoms with Gasteiger partial charge in [0.05, 0.1) is 22.2 Å². The third kappa shape index (κ3) is 9.83. The average Bonchev–Trinajstić information content (AvgIpc) is 3.11. The van der Waals surface area contributed by atoms with Gasteiger partial charge in [-0.05, 0) is 12.1 Å². The molecule has 13 nitrogen and oxygen atoms in total. The number of rotatable bonds is 4. The molecule has 164 valence electrons. The molecule has 0 bridgehead atoms. The van der Waals surface area contributed by atoms with Gasteiger partial charge in [-0.15, -0.1) is 0 Å². The second-order valence-corrected chi connectivity index (χ2v) is 9.95. The molecule has 0 saturated carbocycles. The van der Waals surface area contributed by atoms with E-state index in [4.69, 9.17) is 33.0 Å². The third-order valence-corrected chi connectivity index (χ3v) is 7.00. The van der Waals surface area contributed by atoms with Gasteiger partial charge in [0.2, 0.25) is 0 Å². The van der Waals surface area contributed by atoms with E-state index < -0.39 is 51.6 Å². The molecule has 0 aliphatic carbocycles. The van der Waals surface area contributed by atoms with Crippen molar-refractivity contribution in [1.82, 2.24) is 9.97 Å². The van der Waals surface area contributed by atoms with Crippen molar-refractivity contribution in [2.45, 2.75) is 24.4 Å². The van der Waals surface area contributed by atoms with Crippen molar-refractivity contribution >= 4 is 34.2 Å². The molecule has 1 fully saturated rings. The first-order valence-electron chi connectivity index (χ1n) is 7.32. The molecule has 2 heterocycles. The van der Waals surface area contributed by atoms with Crippen molar-refractivity contribution in [3.05, 3.63) is 28.0 Å². The number of aromatic nitrogens is 2. The quantitative estimate of drug-likeness (QED) is 0.236. The number of H-pyrrole nitrogens is 1. The average molecular weight is 613 g/mol. The SMILES string of the molecule is OC[C@H]1OC(c2nc3c(Cl)c(Cl)ccc3[nH]2)[C@H](O)[C@@H]1O.[K+].[K+].[O]=[Cr](=[O])([O-])[O][Cr](=[O])(=[O])[O-]. The van der Waals surface area contributed by atoms with Gasteiger partial charge in [-0.25, -0.2) is 4.98 Å². The number of fused-ring (bicyclic) bond motifs is 1. The summed E-state index contributed by atoms with van der Waals surface area (Å²) >= 11 is -0.166. The summed E-state index contributed by atoms with van der Waals surface area (Å²) in [5.41, 5.74) is 1.11. The summed E-state index contributed by atoms with van der Waals surface area (Å²) in [6.07, 6.45) is -4.05. The summed E-state index contributed by atoms with van der Waals surface area (Å²) in [4.78, 5) is 7.23. The van der Waals surface area contributed by atoms with Crippen LogP contribution in [0.4, 0.5) is 0 Å². The molecule has 2 aromatic rings. The zero-order valence-corrected chi connectivity index (χ0v) is 26.1. The van der Waals surface area contributed by atoms with Crippen LogP contribution in [-0.4, -0.2) is 50.2 Å². The Hall–Kier alpha value is 2.53. The van der Waals surface area contributed by atoms with Crippen LogP contribution in [0.3, 0.4) is 0 Å². The van der Waals surface area contributed by atoms with E-state index in [2.05, 4.69) is 12.8 Å². The minimum atomic E-state index is -6.07. The number of aliphatic hydroxyl groups excluding tert-OH is 3. The van der Waals surface area contributed by atoms with E-state index in [0.29, 0.717) is 26.9 Å². The molecule has 1 unspecified atom stereocenters. The Kier molecular flexibility index (Phi) is 14.8. The Bertz CT molecular complexity index is 1070. The van der Waals surface area contributed by atoms with Crippen LogP contribution in [0.2, 0.25) is 10.0 Å². The van der Waals surface area contributed by atoms with Gasteiger partial charge in [0, 0.05) is 0 Å². The van der Waals surface area contributed by atoms with E-state index in [1.54, 1.807) is 12.1 Å². The Balaban J connectivity index is 0.000000709. The first kappa shape index (κ1) is 33.5. The number of halogens is 2. The van der Waals surface area contributed by atoms with Crippen molar-refractivity contribution in [3.8, 4) is 0 Å². The molecule has 1 aromatic carbocycles. The fourth-order valence-electron chi connectivity index (χ4n) is 2.40. The van der Waals surface area contributed by atoms with Crippen molar-refractivity contribution < 1.29 is 176 Å². The molecule has 0 amide bonds. The van der Waals surface area contributed by atoms with Crippen LogP contribution in [0.1, 0.15) is 11.9 Å². The molecule has 0 spiro atoms. The number of imidazole rings is 1. The van der Waals surface area contributed by atoms with Crippen molar-refractivity contribution in [2.75, 3.05) is 6.61 Å². The minimum absolute atomic E-state index is 0. The van der Waals surface area contributed by atoms with Gasteiger partial charge in [0.15, 0.2) is 0 Å². The van der Waals surface area contributed by atoms with Gasteiger partial charge in [-0.1, -0.05) is 23.2 Å². The maximum atomic E-state index is 9.96. The van der Waals surface area contributed by atoms with Crippen molar-refractivity contribution in [1.29, 1.82) is 0 Å². The summed E-state index contributed by atoms with van der Waals surface area (Å²) in [5.74, 6) is 0.326. The van der Waals surface area contributed by atoms with Crippen LogP contribution in [0, 0.1) is 0 Å². The molecular weight excluding hydrogens is 601 g/mol. The second kappa shape index (κ2) is 13.7. The molecule has 1 saturated heterocycles. The monoisotopic (exact) mass is 612 g/mol. The topological polar surface area (TPSA) is 222 Å². The molecular formula is C12H12Cl2Cr2K2N2O11. The van der Waals surface area contributed by atoms with E-state index in [1.807, 2.05) is 0 Å². The summed E-state index contributed by atoms with van der Waals surface area (Å²) in [5, 5.41) is 29.4. The van der Waals surface area contributed by atoms with Gasteiger partial charge in [-0.3, -0.25) is 0 Å². The maximum absolute atomic E-state index is 9.96. The van der Waals surface area contributed by atoms with Crippen LogP contribution in [0.15, 0.2) is 12.1 Å². The zero-order chi connectivity index (χ0) is 22.1. The molecule has 1 aromatic heterocycles. The van der Waals surface area contributed by atoms with Crippen molar-refractivity contribution in [2.24, 2.45) is 0 Å². The molecule has 19 heteroatoms. The molecule has 1 aliphatic rings. The van der Waals surface area contributed by atoms with Crippen LogP contribution in [-0.2, 0) is 50.0 Å². The molecule has 0 radical (unpaired) electrons. The van der Waals surface area contributed by atoms with Gasteiger partial charge in [0.25, 0.3) is 0 Å². The van der Waals surface area contributed by atoms with Crippen LogP contribution >= 0.6 is 23.2 Å². The molecule has 4 N–H and O–H groups in total. The number of hydrogen-bond donors (Lipinski definition) is 4. The number of ether oxygens (including phenoxy) is 1. The van der Waals surface area contributed by atoms with E-state index >= 15 is 0 Å². The van der Waals surface area contributed by atoms with E-state index in [-0.39, 0.29) is 109 Å². The number of hydrogen-bond acceptors (Lipinski definition) is 12. The third-order valence-electron chi connectivity index (χ3n) is 3.54. The number of nitrogens with one attached hydrogen (secondary N) is 1.